The lowest BCUT2D eigenvalue weighted by molar-refractivity contribution is -0.135. The molecule has 0 aliphatic carbocycles. The van der Waals surface area contributed by atoms with E-state index in [9.17, 15) is 18.0 Å². The van der Waals surface area contributed by atoms with Gasteiger partial charge in [-0.05, 0) is 13.3 Å². The number of nitrogens with two attached hydrogens (primary N) is 1. The Balaban J connectivity index is 3.46. The van der Waals surface area contributed by atoms with Gasteiger partial charge in [0.2, 0.25) is 5.91 Å². The Kier molecular flexibility index (Phi) is 5.52. The van der Waals surface area contributed by atoms with Crippen LogP contribution in [0, 0.1) is 0 Å². The second kappa shape index (κ2) is 5.85. The van der Waals surface area contributed by atoms with E-state index < -0.39 is 12.6 Å². The molecule has 0 aliphatic heterocycles. The molecule has 1 amide bonds. The van der Waals surface area contributed by atoms with E-state index in [4.69, 9.17) is 5.73 Å². The summed E-state index contributed by atoms with van der Waals surface area (Å²) in [5.74, 6) is -0.383. The first-order valence-electron chi connectivity index (χ1n) is 4.40. The summed E-state index contributed by atoms with van der Waals surface area (Å²) in [6.07, 6.45) is -4.54. The third-order valence-electron chi connectivity index (χ3n) is 1.56. The Labute approximate surface area is 80.8 Å². The molecule has 0 heterocycles. The van der Waals surface area contributed by atoms with Gasteiger partial charge in [0.1, 0.15) is 0 Å². The molecular formula is C8H15F3N2O. The van der Waals surface area contributed by atoms with Gasteiger partial charge in [-0.25, -0.2) is 0 Å². The van der Waals surface area contributed by atoms with Crippen LogP contribution in [0.1, 0.15) is 26.2 Å². The Morgan fingerprint density at radius 1 is 1.50 bits per heavy atom. The van der Waals surface area contributed by atoms with Gasteiger partial charge in [0.25, 0.3) is 0 Å². The van der Waals surface area contributed by atoms with E-state index in [-0.39, 0.29) is 24.9 Å². The van der Waals surface area contributed by atoms with Crippen molar-refractivity contribution < 1.29 is 18.0 Å². The van der Waals surface area contributed by atoms with Gasteiger partial charge in [0.05, 0.1) is 6.42 Å². The number of halogens is 3. The van der Waals surface area contributed by atoms with Crippen molar-refractivity contribution in [1.82, 2.24) is 5.32 Å². The molecule has 14 heavy (non-hydrogen) atoms. The summed E-state index contributed by atoms with van der Waals surface area (Å²) in [5.41, 5.74) is 5.38. The van der Waals surface area contributed by atoms with Crippen molar-refractivity contribution in [3.63, 3.8) is 0 Å². The minimum Gasteiger partial charge on any atom is -0.356 e. The van der Waals surface area contributed by atoms with Crippen molar-refractivity contribution in [3.05, 3.63) is 0 Å². The SMILES string of the molecule is CC(N)CCC(=O)NCCC(F)(F)F. The van der Waals surface area contributed by atoms with Crippen molar-refractivity contribution in [2.75, 3.05) is 6.54 Å². The van der Waals surface area contributed by atoms with E-state index in [0.29, 0.717) is 6.42 Å². The molecule has 1 unspecified atom stereocenters. The smallest absolute Gasteiger partial charge is 0.356 e. The minimum atomic E-state index is -4.21. The summed E-state index contributed by atoms with van der Waals surface area (Å²) < 4.78 is 34.9. The molecule has 0 aromatic carbocycles. The van der Waals surface area contributed by atoms with Gasteiger partial charge < -0.3 is 11.1 Å². The molecule has 84 valence electrons. The van der Waals surface area contributed by atoms with Gasteiger partial charge in [0.15, 0.2) is 0 Å². The number of hydrogen-bond donors (Lipinski definition) is 2. The van der Waals surface area contributed by atoms with Crippen LogP contribution in [0.2, 0.25) is 0 Å². The van der Waals surface area contributed by atoms with E-state index in [2.05, 4.69) is 5.32 Å². The molecule has 0 aliphatic rings. The molecule has 3 nitrogen and oxygen atoms in total. The molecule has 0 rings (SSSR count). The highest BCUT2D eigenvalue weighted by Crippen LogP contribution is 2.18. The van der Waals surface area contributed by atoms with Crippen molar-refractivity contribution in [1.29, 1.82) is 0 Å². The topological polar surface area (TPSA) is 55.1 Å². The fraction of sp³-hybridized carbons (Fsp3) is 0.875. The Morgan fingerprint density at radius 2 is 2.07 bits per heavy atom. The summed E-state index contributed by atoms with van der Waals surface area (Å²) >= 11 is 0. The lowest BCUT2D eigenvalue weighted by atomic mass is 10.2. The summed E-state index contributed by atoms with van der Waals surface area (Å²) in [6.45, 7) is 1.38. The molecular weight excluding hydrogens is 197 g/mol. The van der Waals surface area contributed by atoms with Gasteiger partial charge in [-0.2, -0.15) is 13.2 Å². The molecule has 6 heteroatoms. The molecule has 0 saturated heterocycles. The highest BCUT2D eigenvalue weighted by atomic mass is 19.4. The quantitative estimate of drug-likeness (QED) is 0.719. The molecule has 3 N–H and O–H groups in total. The maximum absolute atomic E-state index is 11.6. The van der Waals surface area contributed by atoms with Crippen LogP contribution in [-0.4, -0.2) is 24.7 Å². The number of nitrogens with one attached hydrogen (secondary N) is 1. The Bertz CT molecular complexity index is 180. The average Bonchev–Trinajstić information content (AvgIpc) is 1.98. The predicted molar refractivity (Wildman–Crippen MR) is 46.6 cm³/mol. The number of hydrogen-bond acceptors (Lipinski definition) is 2. The molecule has 0 radical (unpaired) electrons. The maximum Gasteiger partial charge on any atom is 0.390 e. The van der Waals surface area contributed by atoms with E-state index in [1.54, 1.807) is 6.92 Å². The van der Waals surface area contributed by atoms with Crippen LogP contribution < -0.4 is 11.1 Å². The summed E-state index contributed by atoms with van der Waals surface area (Å²) in [6, 6.07) is -0.108. The van der Waals surface area contributed by atoms with Crippen LogP contribution in [0.5, 0.6) is 0 Å². The fourth-order valence-corrected chi connectivity index (χ4v) is 0.791. The number of carbonyl (C=O) groups excluding carboxylic acids is 1. The molecule has 0 spiro atoms. The van der Waals surface area contributed by atoms with E-state index in [0.717, 1.165) is 0 Å². The first kappa shape index (κ1) is 13.2. The Hall–Kier alpha value is -0.780. The molecule has 0 aromatic heterocycles. The van der Waals surface area contributed by atoms with E-state index in [1.807, 2.05) is 0 Å². The first-order chi connectivity index (χ1) is 6.31. The van der Waals surface area contributed by atoms with Crippen LogP contribution in [0.25, 0.3) is 0 Å². The summed E-state index contributed by atoms with van der Waals surface area (Å²) in [4.78, 5) is 10.9. The standard InChI is InChI=1S/C8H15F3N2O/c1-6(12)2-3-7(14)13-5-4-8(9,10)11/h6H,2-5,12H2,1H3,(H,13,14). The average molecular weight is 212 g/mol. The second-order valence-corrected chi connectivity index (χ2v) is 3.23. The maximum atomic E-state index is 11.6. The molecule has 0 aromatic rings. The van der Waals surface area contributed by atoms with Gasteiger partial charge in [-0.15, -0.1) is 0 Å². The van der Waals surface area contributed by atoms with Gasteiger partial charge in [0, 0.05) is 19.0 Å². The first-order valence-corrected chi connectivity index (χ1v) is 4.40. The van der Waals surface area contributed by atoms with Crippen LogP contribution in [-0.2, 0) is 4.79 Å². The molecule has 1 atom stereocenters. The van der Waals surface area contributed by atoms with Crippen molar-refractivity contribution in [3.8, 4) is 0 Å². The number of amides is 1. The van der Waals surface area contributed by atoms with Crippen LogP contribution in [0.15, 0.2) is 0 Å². The predicted octanol–water partition coefficient (Wildman–Crippen LogP) is 1.18. The molecule has 0 saturated carbocycles. The third-order valence-corrected chi connectivity index (χ3v) is 1.56. The summed E-state index contributed by atoms with van der Waals surface area (Å²) in [5, 5.41) is 2.18. The Morgan fingerprint density at radius 3 is 2.50 bits per heavy atom. The zero-order valence-corrected chi connectivity index (χ0v) is 8.03. The summed E-state index contributed by atoms with van der Waals surface area (Å²) in [7, 11) is 0. The van der Waals surface area contributed by atoms with Gasteiger partial charge in [-0.1, -0.05) is 0 Å². The highest BCUT2D eigenvalue weighted by molar-refractivity contribution is 5.75. The van der Waals surface area contributed by atoms with E-state index in [1.165, 1.54) is 0 Å². The van der Waals surface area contributed by atoms with Crippen molar-refractivity contribution >= 4 is 5.91 Å². The van der Waals surface area contributed by atoms with E-state index >= 15 is 0 Å². The minimum absolute atomic E-state index is 0.108. The number of alkyl halides is 3. The van der Waals surface area contributed by atoms with Crippen molar-refractivity contribution in [2.24, 2.45) is 5.73 Å². The fourth-order valence-electron chi connectivity index (χ4n) is 0.791. The largest absolute Gasteiger partial charge is 0.390 e. The normalized spacial score (nSPS) is 13.8. The molecule has 0 bridgehead atoms. The highest BCUT2D eigenvalue weighted by Gasteiger charge is 2.26. The van der Waals surface area contributed by atoms with Crippen LogP contribution >= 0.6 is 0 Å². The third kappa shape index (κ3) is 9.31. The number of rotatable bonds is 5. The van der Waals surface area contributed by atoms with Crippen LogP contribution in [0.3, 0.4) is 0 Å². The lowest BCUT2D eigenvalue weighted by Gasteiger charge is -2.08. The zero-order valence-electron chi connectivity index (χ0n) is 8.03. The lowest BCUT2D eigenvalue weighted by Crippen LogP contribution is -2.29. The number of carbonyl (C=O) groups is 1. The molecule has 0 fully saturated rings. The van der Waals surface area contributed by atoms with Gasteiger partial charge >= 0.3 is 6.18 Å². The van der Waals surface area contributed by atoms with Crippen molar-refractivity contribution in [2.45, 2.75) is 38.4 Å². The monoisotopic (exact) mass is 212 g/mol. The second-order valence-electron chi connectivity index (χ2n) is 3.23. The van der Waals surface area contributed by atoms with Gasteiger partial charge in [-0.3, -0.25) is 4.79 Å². The van der Waals surface area contributed by atoms with Crippen LogP contribution in [0.4, 0.5) is 13.2 Å². The zero-order chi connectivity index (χ0) is 11.2.